The number of aryl methyl sites for hydroxylation is 1. The molecule has 0 aliphatic rings. The van der Waals surface area contributed by atoms with Gasteiger partial charge in [0.15, 0.2) is 11.6 Å². The number of nitrogens with zero attached hydrogens (tertiary/aromatic N) is 4. The molecule has 0 amide bonds. The van der Waals surface area contributed by atoms with Gasteiger partial charge < -0.3 is 9.47 Å². The number of H-pyrrole nitrogens is 1. The first-order chi connectivity index (χ1) is 15.6. The zero-order valence-corrected chi connectivity index (χ0v) is 19.7. The van der Waals surface area contributed by atoms with Crippen LogP contribution in [-0.4, -0.2) is 27.8 Å². The molecule has 170 valence electrons. The molecule has 0 unspecified atom stereocenters. The number of aliphatic imine (C=N–C) groups is 1. The smallest absolute Gasteiger partial charge is 0.349 e. The van der Waals surface area contributed by atoms with Gasteiger partial charge in [0.2, 0.25) is 5.69 Å². The summed E-state index contributed by atoms with van der Waals surface area (Å²) in [4.78, 5) is 30.2. The van der Waals surface area contributed by atoms with Crippen molar-refractivity contribution in [3.05, 3.63) is 72.5 Å². The molecule has 0 spiro atoms. The van der Waals surface area contributed by atoms with Crippen molar-refractivity contribution in [2.24, 2.45) is 10.9 Å². The molecule has 1 N–H and O–H groups in total. The summed E-state index contributed by atoms with van der Waals surface area (Å²) in [7, 11) is 1.58. The number of aromatic amines is 1. The van der Waals surface area contributed by atoms with Crippen molar-refractivity contribution in [3.63, 3.8) is 0 Å². The van der Waals surface area contributed by atoms with Gasteiger partial charge in [0, 0.05) is 5.92 Å². The highest BCUT2D eigenvalue weighted by molar-refractivity contribution is 6.37. The predicted octanol–water partition coefficient (Wildman–Crippen LogP) is 4.53. The van der Waals surface area contributed by atoms with Crippen LogP contribution in [0.1, 0.15) is 25.1 Å². The van der Waals surface area contributed by atoms with Gasteiger partial charge in [-0.1, -0.05) is 37.0 Å². The van der Waals surface area contributed by atoms with Gasteiger partial charge in [0.05, 0.1) is 28.5 Å². The monoisotopic (exact) mass is 487 g/mol. The first kappa shape index (κ1) is 24.0. The molecule has 0 saturated carbocycles. The minimum absolute atomic E-state index is 0.0946. The van der Waals surface area contributed by atoms with Crippen LogP contribution in [0, 0.1) is 24.2 Å². The molecule has 3 rings (SSSR count). The third-order valence-corrected chi connectivity index (χ3v) is 5.04. The Labute approximate surface area is 198 Å². The fourth-order valence-corrected chi connectivity index (χ4v) is 3.43. The van der Waals surface area contributed by atoms with Crippen molar-refractivity contribution in [1.82, 2.24) is 14.8 Å². The molecule has 1 heterocycles. The maximum Gasteiger partial charge on any atom is 0.349 e. The van der Waals surface area contributed by atoms with Crippen molar-refractivity contribution in [2.45, 2.75) is 20.8 Å². The average Bonchev–Trinajstić information content (AvgIpc) is 2.75. The van der Waals surface area contributed by atoms with E-state index in [2.05, 4.69) is 10.1 Å². The normalized spacial score (nSPS) is 11.4. The molecular weight excluding hydrogens is 469 g/mol. The summed E-state index contributed by atoms with van der Waals surface area (Å²) in [5.74, 6) is 1.38. The third-order valence-electron chi connectivity index (χ3n) is 4.48. The summed E-state index contributed by atoms with van der Waals surface area (Å²) >= 11 is 12.7. The highest BCUT2D eigenvalue weighted by Gasteiger charge is 2.16. The quantitative estimate of drug-likeness (QED) is 0.416. The number of halogens is 2. The number of ether oxygens (including phenoxy) is 2. The van der Waals surface area contributed by atoms with Gasteiger partial charge >= 0.3 is 5.69 Å². The molecule has 2 aromatic carbocycles. The second kappa shape index (κ2) is 9.90. The molecule has 0 atom stereocenters. The Balaban J connectivity index is 1.96. The average molecular weight is 488 g/mol. The van der Waals surface area contributed by atoms with E-state index >= 15 is 0 Å². The Morgan fingerprint density at radius 3 is 2.42 bits per heavy atom. The Kier molecular flexibility index (Phi) is 7.21. The van der Waals surface area contributed by atoms with Crippen molar-refractivity contribution in [3.8, 4) is 23.3 Å². The number of methoxy groups -OCH3 is 1. The van der Waals surface area contributed by atoms with Crippen LogP contribution in [0.4, 0.5) is 5.69 Å². The van der Waals surface area contributed by atoms with Gasteiger partial charge in [-0.2, -0.15) is 9.94 Å². The van der Waals surface area contributed by atoms with E-state index in [1.165, 1.54) is 12.1 Å². The lowest BCUT2D eigenvalue weighted by atomic mass is 10.1. The molecular formula is C22H19Cl2N5O4. The van der Waals surface area contributed by atoms with Crippen LogP contribution in [0.15, 0.2) is 44.9 Å². The number of hydrogen-bond acceptors (Lipinski definition) is 7. The van der Waals surface area contributed by atoms with Crippen LogP contribution < -0.4 is 16.0 Å². The zero-order chi connectivity index (χ0) is 24.3. The van der Waals surface area contributed by atoms with Crippen LogP contribution in [0.3, 0.4) is 0 Å². The van der Waals surface area contributed by atoms with E-state index in [1.807, 2.05) is 25.8 Å². The SMILES string of the molecule is CO/C(=N/c1ccc(Oc2c(Cl)cc(-n3nc(C#N)c(=O)[nH]c3=O)cc2Cl)cc1C)C(C)C. The Bertz CT molecular complexity index is 1380. The molecule has 3 aromatic rings. The van der Waals surface area contributed by atoms with Crippen LogP contribution in [0.5, 0.6) is 11.5 Å². The number of aromatic nitrogens is 3. The standard InChI is InChI=1S/C22H19Cl2N5O4/c1-11(2)21(32-4)26-17-6-5-14(7-12(17)3)33-19-15(23)8-13(9-16(19)24)29-22(31)27-20(30)18(10-25)28-29/h5-9,11H,1-4H3,(H,27,30,31)/b26-21+. The van der Waals surface area contributed by atoms with Crippen LogP contribution in [0.25, 0.3) is 5.69 Å². The molecule has 33 heavy (non-hydrogen) atoms. The third kappa shape index (κ3) is 5.25. The minimum atomic E-state index is -0.884. The number of nitriles is 1. The fourth-order valence-electron chi connectivity index (χ4n) is 2.88. The lowest BCUT2D eigenvalue weighted by Crippen LogP contribution is -2.33. The first-order valence-electron chi connectivity index (χ1n) is 9.68. The van der Waals surface area contributed by atoms with E-state index in [9.17, 15) is 9.59 Å². The lowest BCUT2D eigenvalue weighted by Gasteiger charge is -2.13. The summed E-state index contributed by atoms with van der Waals surface area (Å²) in [6.07, 6.45) is 0. The van der Waals surface area contributed by atoms with Crippen LogP contribution in [-0.2, 0) is 4.74 Å². The molecule has 1 aromatic heterocycles. The molecule has 9 nitrogen and oxygen atoms in total. The zero-order valence-electron chi connectivity index (χ0n) is 18.1. The largest absolute Gasteiger partial charge is 0.484 e. The molecule has 0 aliphatic carbocycles. The van der Waals surface area contributed by atoms with Gasteiger partial charge in [0.1, 0.15) is 11.8 Å². The summed E-state index contributed by atoms with van der Waals surface area (Å²) in [6.45, 7) is 5.86. The molecule has 0 bridgehead atoms. The summed E-state index contributed by atoms with van der Waals surface area (Å²) in [5.41, 5.74) is -0.475. The maximum absolute atomic E-state index is 12.1. The number of hydrogen-bond donors (Lipinski definition) is 1. The number of rotatable bonds is 5. The summed E-state index contributed by atoms with van der Waals surface area (Å²) in [6, 6.07) is 9.66. The van der Waals surface area contributed by atoms with E-state index in [4.69, 9.17) is 37.9 Å². The van der Waals surface area contributed by atoms with Crippen LogP contribution >= 0.6 is 23.2 Å². The van der Waals surface area contributed by atoms with Crippen molar-refractivity contribution >= 4 is 34.8 Å². The Hall–Kier alpha value is -3.61. The lowest BCUT2D eigenvalue weighted by molar-refractivity contribution is 0.375. The minimum Gasteiger partial charge on any atom is -0.484 e. The first-order valence-corrected chi connectivity index (χ1v) is 10.4. The molecule has 11 heteroatoms. The summed E-state index contributed by atoms with van der Waals surface area (Å²) < 4.78 is 12.0. The number of nitrogens with one attached hydrogen (secondary N) is 1. The van der Waals surface area contributed by atoms with Gasteiger partial charge in [-0.05, 0) is 42.8 Å². The van der Waals surface area contributed by atoms with Gasteiger partial charge in [0.25, 0.3) is 5.56 Å². The van der Waals surface area contributed by atoms with Crippen LogP contribution in [0.2, 0.25) is 10.0 Å². The Morgan fingerprint density at radius 2 is 1.88 bits per heavy atom. The highest BCUT2D eigenvalue weighted by Crippen LogP contribution is 2.39. The number of benzene rings is 2. The fraction of sp³-hybridized carbons (Fsp3) is 0.227. The van der Waals surface area contributed by atoms with E-state index in [-0.39, 0.29) is 27.4 Å². The summed E-state index contributed by atoms with van der Waals surface area (Å²) in [5, 5.41) is 12.9. The van der Waals surface area contributed by atoms with Gasteiger partial charge in [-0.15, -0.1) is 5.10 Å². The van der Waals surface area contributed by atoms with Crippen molar-refractivity contribution in [2.75, 3.05) is 7.11 Å². The van der Waals surface area contributed by atoms with E-state index in [1.54, 1.807) is 31.4 Å². The molecule has 0 fully saturated rings. The van der Waals surface area contributed by atoms with Crippen molar-refractivity contribution < 1.29 is 9.47 Å². The second-order valence-corrected chi connectivity index (χ2v) is 8.04. The maximum atomic E-state index is 12.1. The highest BCUT2D eigenvalue weighted by atomic mass is 35.5. The second-order valence-electron chi connectivity index (χ2n) is 7.23. The van der Waals surface area contributed by atoms with Crippen molar-refractivity contribution in [1.29, 1.82) is 5.26 Å². The van der Waals surface area contributed by atoms with E-state index in [0.717, 1.165) is 15.9 Å². The van der Waals surface area contributed by atoms with Gasteiger partial charge in [-0.3, -0.25) is 9.78 Å². The van der Waals surface area contributed by atoms with Gasteiger partial charge in [-0.25, -0.2) is 9.79 Å². The molecule has 0 radical (unpaired) electrons. The predicted molar refractivity (Wildman–Crippen MR) is 125 cm³/mol. The topological polar surface area (TPSA) is 122 Å². The van der Waals surface area contributed by atoms with E-state index in [0.29, 0.717) is 11.6 Å². The molecule has 0 aliphatic heterocycles. The van der Waals surface area contributed by atoms with E-state index < -0.39 is 16.9 Å². The Morgan fingerprint density at radius 1 is 1.21 bits per heavy atom. The molecule has 0 saturated heterocycles.